The molecule has 4 heteroatoms. The third kappa shape index (κ3) is 1.59. The summed E-state index contributed by atoms with van der Waals surface area (Å²) >= 11 is 0. The highest BCUT2D eigenvalue weighted by Gasteiger charge is 2.44. The van der Waals surface area contributed by atoms with Gasteiger partial charge in [0.25, 0.3) is 5.91 Å². The van der Waals surface area contributed by atoms with Crippen LogP contribution < -0.4 is 9.47 Å². The molecule has 1 amide bonds. The van der Waals surface area contributed by atoms with Crippen LogP contribution in [-0.2, 0) is 0 Å². The molecular formula is C17H15NO3. The second-order valence-electron chi connectivity index (χ2n) is 5.35. The average Bonchev–Trinajstić information content (AvgIpc) is 2.81. The molecule has 0 bridgehead atoms. The van der Waals surface area contributed by atoms with Crippen molar-refractivity contribution in [3.8, 4) is 11.5 Å². The molecule has 0 radical (unpaired) electrons. The molecule has 2 aliphatic heterocycles. The maximum atomic E-state index is 12.6. The van der Waals surface area contributed by atoms with Crippen molar-refractivity contribution < 1.29 is 14.3 Å². The molecule has 2 atom stereocenters. The number of carbonyl (C=O) groups excluding carboxylic acids is 1. The molecule has 2 unspecified atom stereocenters. The highest BCUT2D eigenvalue weighted by Crippen LogP contribution is 2.47. The van der Waals surface area contributed by atoms with Crippen LogP contribution in [0.4, 0.5) is 0 Å². The van der Waals surface area contributed by atoms with Gasteiger partial charge in [-0.3, -0.25) is 9.69 Å². The lowest BCUT2D eigenvalue weighted by Crippen LogP contribution is -2.37. The van der Waals surface area contributed by atoms with E-state index in [0.717, 1.165) is 28.2 Å². The van der Waals surface area contributed by atoms with E-state index in [1.54, 1.807) is 12.0 Å². The summed E-state index contributed by atoms with van der Waals surface area (Å²) in [4.78, 5) is 14.4. The van der Waals surface area contributed by atoms with Crippen LogP contribution >= 0.6 is 0 Å². The monoisotopic (exact) mass is 281 g/mol. The Morgan fingerprint density at radius 3 is 2.76 bits per heavy atom. The first kappa shape index (κ1) is 12.3. The second kappa shape index (κ2) is 4.25. The summed E-state index contributed by atoms with van der Waals surface area (Å²) in [6, 6.07) is 13.3. The topological polar surface area (TPSA) is 38.8 Å². The molecule has 0 saturated heterocycles. The van der Waals surface area contributed by atoms with E-state index < -0.39 is 0 Å². The number of amides is 1. The number of benzene rings is 2. The van der Waals surface area contributed by atoms with Crippen LogP contribution in [0.15, 0.2) is 42.5 Å². The molecule has 0 saturated carbocycles. The SMILES string of the molecule is COc1ccc2c(c1)C(C)N1C(=O)c3ccccc3C1O2. The predicted octanol–water partition coefficient (Wildman–Crippen LogP) is 3.30. The Morgan fingerprint density at radius 2 is 1.95 bits per heavy atom. The molecular weight excluding hydrogens is 266 g/mol. The number of carbonyl (C=O) groups is 1. The van der Waals surface area contributed by atoms with E-state index in [1.165, 1.54) is 0 Å². The van der Waals surface area contributed by atoms with Gasteiger partial charge in [0.1, 0.15) is 11.5 Å². The molecule has 21 heavy (non-hydrogen) atoms. The van der Waals surface area contributed by atoms with Crippen LogP contribution in [0.2, 0.25) is 0 Å². The summed E-state index contributed by atoms with van der Waals surface area (Å²) in [5.74, 6) is 1.61. The van der Waals surface area contributed by atoms with Crippen molar-refractivity contribution in [3.63, 3.8) is 0 Å². The van der Waals surface area contributed by atoms with Gasteiger partial charge in [-0.2, -0.15) is 0 Å². The van der Waals surface area contributed by atoms with Gasteiger partial charge in [0.2, 0.25) is 6.23 Å². The fraction of sp³-hybridized carbons (Fsp3) is 0.235. The molecule has 0 spiro atoms. The van der Waals surface area contributed by atoms with Gasteiger partial charge in [-0.25, -0.2) is 0 Å². The molecule has 2 aliphatic rings. The molecule has 4 nitrogen and oxygen atoms in total. The zero-order valence-corrected chi connectivity index (χ0v) is 11.9. The average molecular weight is 281 g/mol. The number of hydrogen-bond acceptors (Lipinski definition) is 3. The maximum Gasteiger partial charge on any atom is 0.257 e. The third-order valence-corrected chi connectivity index (χ3v) is 4.27. The molecule has 2 aromatic rings. The Kier molecular flexibility index (Phi) is 2.48. The Hall–Kier alpha value is -2.49. The molecule has 0 aromatic heterocycles. The van der Waals surface area contributed by atoms with Crippen LogP contribution in [0.3, 0.4) is 0 Å². The van der Waals surface area contributed by atoms with E-state index in [9.17, 15) is 4.79 Å². The van der Waals surface area contributed by atoms with Crippen LogP contribution in [0.25, 0.3) is 0 Å². The summed E-state index contributed by atoms with van der Waals surface area (Å²) in [6.07, 6.45) is -0.329. The van der Waals surface area contributed by atoms with Crippen molar-refractivity contribution in [1.29, 1.82) is 0 Å². The molecule has 0 fully saturated rings. The first-order valence-corrected chi connectivity index (χ1v) is 6.97. The van der Waals surface area contributed by atoms with Crippen LogP contribution in [-0.4, -0.2) is 17.9 Å². The van der Waals surface area contributed by atoms with Gasteiger partial charge in [0.15, 0.2) is 0 Å². The molecule has 0 aliphatic carbocycles. The Labute approximate surface area is 122 Å². The maximum absolute atomic E-state index is 12.6. The fourth-order valence-electron chi connectivity index (χ4n) is 3.16. The van der Waals surface area contributed by atoms with Crippen molar-refractivity contribution in [3.05, 3.63) is 59.2 Å². The molecule has 106 valence electrons. The molecule has 0 N–H and O–H groups in total. The van der Waals surface area contributed by atoms with Crippen molar-refractivity contribution in [2.24, 2.45) is 0 Å². The minimum absolute atomic E-state index is 0.0246. The third-order valence-electron chi connectivity index (χ3n) is 4.27. The van der Waals surface area contributed by atoms with Gasteiger partial charge in [-0.15, -0.1) is 0 Å². The van der Waals surface area contributed by atoms with Crippen LogP contribution in [0, 0.1) is 0 Å². The van der Waals surface area contributed by atoms with Crippen molar-refractivity contribution in [2.45, 2.75) is 19.2 Å². The summed E-state index contributed by atoms with van der Waals surface area (Å²) in [7, 11) is 1.63. The lowest BCUT2D eigenvalue weighted by atomic mass is 10.0. The zero-order chi connectivity index (χ0) is 14.6. The van der Waals surface area contributed by atoms with E-state index in [4.69, 9.17) is 9.47 Å². The summed E-state index contributed by atoms with van der Waals surface area (Å²) in [6.45, 7) is 2.03. The number of hydrogen-bond donors (Lipinski definition) is 0. The number of nitrogens with zero attached hydrogens (tertiary/aromatic N) is 1. The molecule has 2 aromatic carbocycles. The van der Waals surface area contributed by atoms with Gasteiger partial charge < -0.3 is 9.47 Å². The lowest BCUT2D eigenvalue weighted by molar-refractivity contribution is -0.00192. The number of fused-ring (bicyclic) bond motifs is 4. The predicted molar refractivity (Wildman–Crippen MR) is 77.4 cm³/mol. The van der Waals surface area contributed by atoms with E-state index in [2.05, 4.69) is 0 Å². The van der Waals surface area contributed by atoms with E-state index in [0.29, 0.717) is 0 Å². The summed E-state index contributed by atoms with van der Waals surface area (Å²) in [5.41, 5.74) is 2.65. The van der Waals surface area contributed by atoms with Crippen LogP contribution in [0.1, 0.15) is 40.7 Å². The first-order chi connectivity index (χ1) is 10.2. The van der Waals surface area contributed by atoms with Crippen molar-refractivity contribution in [1.82, 2.24) is 4.90 Å². The Morgan fingerprint density at radius 1 is 1.14 bits per heavy atom. The Balaban J connectivity index is 1.85. The molecule has 4 rings (SSSR count). The van der Waals surface area contributed by atoms with Crippen LogP contribution in [0.5, 0.6) is 11.5 Å². The minimum atomic E-state index is -0.329. The second-order valence-corrected chi connectivity index (χ2v) is 5.35. The van der Waals surface area contributed by atoms with E-state index >= 15 is 0 Å². The summed E-state index contributed by atoms with van der Waals surface area (Å²) in [5, 5.41) is 0. The largest absolute Gasteiger partial charge is 0.497 e. The van der Waals surface area contributed by atoms with E-state index in [1.807, 2.05) is 49.4 Å². The quantitative estimate of drug-likeness (QED) is 0.805. The van der Waals surface area contributed by atoms with Gasteiger partial charge in [0.05, 0.1) is 13.2 Å². The standard InChI is InChI=1S/C17H15NO3/c1-10-14-9-11(20-2)7-8-15(14)21-17-13-6-4-3-5-12(13)16(19)18(10)17/h3-10,17H,1-2H3. The Bertz CT molecular complexity index is 741. The minimum Gasteiger partial charge on any atom is -0.497 e. The molecule has 2 heterocycles. The zero-order valence-electron chi connectivity index (χ0n) is 11.9. The van der Waals surface area contributed by atoms with Gasteiger partial charge in [-0.05, 0) is 31.2 Å². The number of rotatable bonds is 1. The van der Waals surface area contributed by atoms with Gasteiger partial charge >= 0.3 is 0 Å². The fourth-order valence-corrected chi connectivity index (χ4v) is 3.16. The van der Waals surface area contributed by atoms with Gasteiger partial charge in [0, 0.05) is 16.7 Å². The van der Waals surface area contributed by atoms with Gasteiger partial charge in [-0.1, -0.05) is 18.2 Å². The van der Waals surface area contributed by atoms with Crippen molar-refractivity contribution >= 4 is 5.91 Å². The van der Waals surface area contributed by atoms with Crippen molar-refractivity contribution in [2.75, 3.05) is 7.11 Å². The smallest absolute Gasteiger partial charge is 0.257 e. The normalized spacial score (nSPS) is 22.2. The van der Waals surface area contributed by atoms with E-state index in [-0.39, 0.29) is 18.2 Å². The lowest BCUT2D eigenvalue weighted by Gasteiger charge is -2.37. The highest BCUT2D eigenvalue weighted by atomic mass is 16.5. The first-order valence-electron chi connectivity index (χ1n) is 6.97. The summed E-state index contributed by atoms with van der Waals surface area (Å²) < 4.78 is 11.3. The number of ether oxygens (including phenoxy) is 2. The number of methoxy groups -OCH3 is 1. The highest BCUT2D eigenvalue weighted by molar-refractivity contribution is 5.99.